The number of aliphatic hydroxyl groups excluding tert-OH is 1. The summed E-state index contributed by atoms with van der Waals surface area (Å²) in [6.07, 6.45) is 0.486. The molecule has 0 spiro atoms. The Morgan fingerprint density at radius 3 is 2.25 bits per heavy atom. The van der Waals surface area contributed by atoms with E-state index in [1.165, 1.54) is 12.1 Å². The number of rotatable bonds is 5. The average Bonchev–Trinajstić information content (AvgIpc) is 2.23. The lowest BCUT2D eigenvalue weighted by Gasteiger charge is -2.21. The van der Waals surface area contributed by atoms with Crippen molar-refractivity contribution in [3.8, 4) is 0 Å². The van der Waals surface area contributed by atoms with E-state index in [-0.39, 0.29) is 6.04 Å². The molecule has 0 bridgehead atoms. The molecule has 90 valence electrons. The fourth-order valence-corrected chi connectivity index (χ4v) is 1.70. The van der Waals surface area contributed by atoms with Gasteiger partial charge in [-0.1, -0.05) is 6.92 Å². The van der Waals surface area contributed by atoms with Gasteiger partial charge in [0.25, 0.3) is 0 Å². The van der Waals surface area contributed by atoms with Crippen LogP contribution in [0.3, 0.4) is 0 Å². The van der Waals surface area contributed by atoms with Gasteiger partial charge in [-0.05, 0) is 37.6 Å². The molecule has 0 aromatic heterocycles. The molecule has 2 N–H and O–H groups in total. The molecule has 0 saturated carbocycles. The molecule has 1 unspecified atom stereocenters. The van der Waals surface area contributed by atoms with Crippen molar-refractivity contribution >= 4 is 0 Å². The molecule has 4 heteroatoms. The summed E-state index contributed by atoms with van der Waals surface area (Å²) in [6, 6.07) is 3.23. The number of hydrogen-bond acceptors (Lipinski definition) is 2. The van der Waals surface area contributed by atoms with Gasteiger partial charge in [0.15, 0.2) is 0 Å². The third-order valence-electron chi connectivity index (χ3n) is 2.63. The minimum atomic E-state index is -0.587. The largest absolute Gasteiger partial charge is 0.392 e. The van der Waals surface area contributed by atoms with Crippen LogP contribution in [0, 0.1) is 11.6 Å². The first-order valence-electron chi connectivity index (χ1n) is 5.37. The molecule has 1 rings (SSSR count). The van der Waals surface area contributed by atoms with Crippen LogP contribution in [-0.4, -0.2) is 24.3 Å². The van der Waals surface area contributed by atoms with E-state index in [1.54, 1.807) is 7.05 Å². The Hall–Kier alpha value is -1.00. The minimum absolute atomic E-state index is 0.189. The highest BCUT2D eigenvalue weighted by Gasteiger charge is 2.16. The van der Waals surface area contributed by atoms with Gasteiger partial charge in [-0.25, -0.2) is 8.78 Å². The van der Waals surface area contributed by atoms with Crippen LogP contribution >= 0.6 is 0 Å². The number of nitrogens with one attached hydrogen (secondary N) is 1. The molecule has 0 aliphatic carbocycles. The van der Waals surface area contributed by atoms with Crippen molar-refractivity contribution < 1.29 is 13.9 Å². The van der Waals surface area contributed by atoms with Crippen LogP contribution in [0.25, 0.3) is 0 Å². The molecule has 0 aliphatic rings. The molecular weight excluding hydrogens is 212 g/mol. The van der Waals surface area contributed by atoms with Gasteiger partial charge in [-0.2, -0.15) is 0 Å². The zero-order valence-corrected chi connectivity index (χ0v) is 9.50. The fraction of sp³-hybridized carbons (Fsp3) is 0.500. The van der Waals surface area contributed by atoms with E-state index in [0.717, 1.165) is 6.07 Å². The number of likely N-dealkylation sites (N-methyl/N-ethyl adjacent to an activating group) is 1. The maximum absolute atomic E-state index is 12.9. The van der Waals surface area contributed by atoms with Crippen molar-refractivity contribution in [1.82, 2.24) is 5.32 Å². The van der Waals surface area contributed by atoms with Crippen LogP contribution in [0.5, 0.6) is 0 Å². The van der Waals surface area contributed by atoms with Crippen molar-refractivity contribution in [2.24, 2.45) is 0 Å². The van der Waals surface area contributed by atoms with E-state index in [0.29, 0.717) is 18.4 Å². The lowest BCUT2D eigenvalue weighted by atomic mass is 10.00. The van der Waals surface area contributed by atoms with Crippen LogP contribution in [0.15, 0.2) is 18.2 Å². The quantitative estimate of drug-likeness (QED) is 0.807. The second kappa shape index (κ2) is 5.92. The molecule has 0 heterocycles. The first-order valence-corrected chi connectivity index (χ1v) is 5.37. The van der Waals surface area contributed by atoms with E-state index in [2.05, 4.69) is 5.32 Å². The van der Waals surface area contributed by atoms with Gasteiger partial charge in [-0.3, -0.25) is 0 Å². The van der Waals surface area contributed by atoms with E-state index >= 15 is 0 Å². The van der Waals surface area contributed by atoms with Crippen molar-refractivity contribution in [1.29, 1.82) is 0 Å². The van der Waals surface area contributed by atoms with Crippen LogP contribution < -0.4 is 5.32 Å². The second-order valence-corrected chi connectivity index (χ2v) is 3.85. The summed E-state index contributed by atoms with van der Waals surface area (Å²) in [4.78, 5) is 0. The molecule has 0 saturated heterocycles. The number of halogens is 2. The van der Waals surface area contributed by atoms with Gasteiger partial charge in [0, 0.05) is 12.1 Å². The molecule has 1 aromatic rings. The Kier molecular flexibility index (Phi) is 4.83. The lowest BCUT2D eigenvalue weighted by Crippen LogP contribution is -2.39. The molecule has 16 heavy (non-hydrogen) atoms. The fourth-order valence-electron chi connectivity index (χ4n) is 1.70. The van der Waals surface area contributed by atoms with Crippen LogP contribution in [-0.2, 0) is 6.42 Å². The summed E-state index contributed by atoms with van der Waals surface area (Å²) in [5.74, 6) is -1.17. The molecule has 0 radical (unpaired) electrons. The standard InChI is InChI=1S/C12H17F2NO/c1-3-12(16)11(15-2)6-8-4-9(13)7-10(14)5-8/h4-5,7,11-12,15-16H,3,6H2,1-2H3/t11-,12?/m0/s1. The van der Waals surface area contributed by atoms with Gasteiger partial charge in [0.05, 0.1) is 6.10 Å². The van der Waals surface area contributed by atoms with Crippen molar-refractivity contribution in [3.63, 3.8) is 0 Å². The number of hydrogen-bond donors (Lipinski definition) is 2. The van der Waals surface area contributed by atoms with Crippen molar-refractivity contribution in [2.45, 2.75) is 31.9 Å². The third-order valence-corrected chi connectivity index (χ3v) is 2.63. The van der Waals surface area contributed by atoms with Crippen molar-refractivity contribution in [3.05, 3.63) is 35.4 Å². The average molecular weight is 229 g/mol. The first-order chi connectivity index (χ1) is 7.56. The summed E-state index contributed by atoms with van der Waals surface area (Å²) >= 11 is 0. The highest BCUT2D eigenvalue weighted by Crippen LogP contribution is 2.12. The Labute approximate surface area is 94.3 Å². The molecule has 0 aliphatic heterocycles. The predicted molar refractivity (Wildman–Crippen MR) is 59.2 cm³/mol. The minimum Gasteiger partial charge on any atom is -0.392 e. The van der Waals surface area contributed by atoms with E-state index in [4.69, 9.17) is 0 Å². The van der Waals surface area contributed by atoms with Crippen LogP contribution in [0.2, 0.25) is 0 Å². The second-order valence-electron chi connectivity index (χ2n) is 3.85. The molecular formula is C12H17F2NO. The highest BCUT2D eigenvalue weighted by molar-refractivity contribution is 5.19. The summed E-state index contributed by atoms with van der Waals surface area (Å²) in [6.45, 7) is 1.86. The Balaban J connectivity index is 2.77. The van der Waals surface area contributed by atoms with E-state index in [9.17, 15) is 13.9 Å². The normalized spacial score (nSPS) is 14.8. The van der Waals surface area contributed by atoms with Gasteiger partial charge in [0.1, 0.15) is 11.6 Å². The summed E-state index contributed by atoms with van der Waals surface area (Å²) < 4.78 is 25.9. The molecule has 0 amide bonds. The van der Waals surface area contributed by atoms with Crippen LogP contribution in [0.1, 0.15) is 18.9 Å². The predicted octanol–water partition coefficient (Wildman–Crippen LogP) is 1.87. The zero-order chi connectivity index (χ0) is 12.1. The Morgan fingerprint density at radius 1 is 1.25 bits per heavy atom. The molecule has 1 aromatic carbocycles. The number of benzene rings is 1. The summed E-state index contributed by atoms with van der Waals surface area (Å²) in [5.41, 5.74) is 0.546. The Bertz CT molecular complexity index is 324. The maximum Gasteiger partial charge on any atom is 0.126 e. The first kappa shape index (κ1) is 13.1. The topological polar surface area (TPSA) is 32.3 Å². The number of aliphatic hydroxyl groups is 1. The van der Waals surface area contributed by atoms with Crippen molar-refractivity contribution in [2.75, 3.05) is 7.05 Å². The monoisotopic (exact) mass is 229 g/mol. The Morgan fingerprint density at radius 2 is 1.81 bits per heavy atom. The van der Waals surface area contributed by atoms with Gasteiger partial charge < -0.3 is 10.4 Å². The van der Waals surface area contributed by atoms with Crippen LogP contribution in [0.4, 0.5) is 8.78 Å². The summed E-state index contributed by atoms with van der Waals surface area (Å²) in [7, 11) is 1.72. The smallest absolute Gasteiger partial charge is 0.126 e. The molecule has 0 fully saturated rings. The SMILES string of the molecule is CCC(O)[C@H](Cc1cc(F)cc(F)c1)NC. The summed E-state index contributed by atoms with van der Waals surface area (Å²) in [5, 5.41) is 12.6. The zero-order valence-electron chi connectivity index (χ0n) is 9.50. The van der Waals surface area contributed by atoms with E-state index < -0.39 is 17.7 Å². The van der Waals surface area contributed by atoms with Gasteiger partial charge in [0.2, 0.25) is 0 Å². The highest BCUT2D eigenvalue weighted by atomic mass is 19.1. The lowest BCUT2D eigenvalue weighted by molar-refractivity contribution is 0.126. The van der Waals surface area contributed by atoms with E-state index in [1.807, 2.05) is 6.92 Å². The third kappa shape index (κ3) is 3.54. The van der Waals surface area contributed by atoms with Gasteiger partial charge >= 0.3 is 0 Å². The van der Waals surface area contributed by atoms with Gasteiger partial charge in [-0.15, -0.1) is 0 Å². The maximum atomic E-state index is 12.9. The molecule has 2 nitrogen and oxygen atoms in total. The molecule has 2 atom stereocenters.